The Bertz CT molecular complexity index is 696. The Morgan fingerprint density at radius 1 is 1.11 bits per heavy atom. The van der Waals surface area contributed by atoms with Gasteiger partial charge < -0.3 is 5.32 Å². The highest BCUT2D eigenvalue weighted by Crippen LogP contribution is 2.15. The molecule has 28 heavy (non-hydrogen) atoms. The Kier molecular flexibility index (Phi) is 11.2. The highest BCUT2D eigenvalue weighted by atomic mass is 32.2. The third kappa shape index (κ3) is 9.59. The topological polar surface area (TPSA) is 66.5 Å². The van der Waals surface area contributed by atoms with E-state index in [1.54, 1.807) is 18.2 Å². The molecule has 8 heteroatoms. The molecule has 0 unspecified atom stereocenters. The van der Waals surface area contributed by atoms with Crippen molar-refractivity contribution in [2.75, 3.05) is 19.6 Å². The average Bonchev–Trinajstić information content (AvgIpc) is 2.61. The van der Waals surface area contributed by atoms with Gasteiger partial charge in [0.15, 0.2) is 0 Å². The van der Waals surface area contributed by atoms with Crippen LogP contribution in [0.15, 0.2) is 24.3 Å². The molecule has 0 atom stereocenters. The Morgan fingerprint density at radius 3 is 2.43 bits per heavy atom. The van der Waals surface area contributed by atoms with Gasteiger partial charge in [-0.05, 0) is 24.0 Å². The van der Waals surface area contributed by atoms with Gasteiger partial charge in [0.2, 0.25) is 22.4 Å². The van der Waals surface area contributed by atoms with Crippen molar-refractivity contribution in [1.29, 1.82) is 0 Å². The zero-order chi connectivity index (χ0) is 21.0. The van der Waals surface area contributed by atoms with E-state index in [1.165, 1.54) is 10.4 Å². The molecule has 0 aliphatic heterocycles. The number of rotatable bonds is 14. The van der Waals surface area contributed by atoms with Crippen LogP contribution in [0.5, 0.6) is 0 Å². The first-order valence-electron chi connectivity index (χ1n) is 9.89. The maximum absolute atomic E-state index is 12.8. The van der Waals surface area contributed by atoms with Gasteiger partial charge in [-0.1, -0.05) is 57.4 Å². The lowest BCUT2D eigenvalue weighted by Crippen LogP contribution is -2.42. The molecule has 0 saturated carbocycles. The van der Waals surface area contributed by atoms with Gasteiger partial charge in [0.1, 0.15) is 0 Å². The Hall–Kier alpha value is -1.54. The van der Waals surface area contributed by atoms with E-state index in [0.717, 1.165) is 25.7 Å². The first kappa shape index (κ1) is 24.5. The molecule has 160 valence electrons. The van der Waals surface area contributed by atoms with E-state index in [1.807, 2.05) is 6.92 Å². The number of halogens is 2. The van der Waals surface area contributed by atoms with Crippen LogP contribution in [0.3, 0.4) is 0 Å². The zero-order valence-corrected chi connectivity index (χ0v) is 17.6. The number of alkyl halides is 2. The lowest BCUT2D eigenvalue weighted by Gasteiger charge is -2.22. The molecule has 0 spiro atoms. The number of unbranched alkanes of at least 4 members (excludes halogenated alkanes) is 3. The monoisotopic (exact) mass is 418 g/mol. The number of benzene rings is 1. The van der Waals surface area contributed by atoms with Crippen LogP contribution in [0.1, 0.15) is 57.1 Å². The molecular formula is C20H32F2N2O3S. The van der Waals surface area contributed by atoms with Crippen LogP contribution in [0.25, 0.3) is 0 Å². The van der Waals surface area contributed by atoms with Crippen LogP contribution in [0.4, 0.5) is 8.78 Å². The number of hydrogen-bond acceptors (Lipinski definition) is 3. The van der Waals surface area contributed by atoms with Gasteiger partial charge in [-0.2, -0.15) is 4.31 Å². The Labute approximate surface area is 167 Å². The van der Waals surface area contributed by atoms with Crippen LogP contribution in [0, 0.1) is 0 Å². The number of carbonyl (C=O) groups is 1. The van der Waals surface area contributed by atoms with Crippen molar-refractivity contribution in [2.45, 2.75) is 64.6 Å². The average molecular weight is 419 g/mol. The predicted molar refractivity (Wildman–Crippen MR) is 108 cm³/mol. The van der Waals surface area contributed by atoms with Crippen molar-refractivity contribution in [3.8, 4) is 0 Å². The third-order valence-corrected chi connectivity index (χ3v) is 6.10. The lowest BCUT2D eigenvalue weighted by molar-refractivity contribution is -0.121. The fraction of sp³-hybridized carbons (Fsp3) is 0.650. The molecule has 1 amide bonds. The standard InChI is InChI=1S/C20H32F2N2O3S/c1-3-5-7-11-23-20(25)15-24(12-6-4-2)28(26,27)16-18-10-8-9-17(13-18)14-19(21)22/h8-10,13,19H,3-7,11-12,14-16H2,1-2H3,(H,23,25). The normalized spacial score (nSPS) is 11.9. The van der Waals surface area contributed by atoms with Crippen LogP contribution >= 0.6 is 0 Å². The summed E-state index contributed by atoms with van der Waals surface area (Å²) in [4.78, 5) is 12.2. The van der Waals surface area contributed by atoms with E-state index in [0.29, 0.717) is 24.1 Å². The predicted octanol–water partition coefficient (Wildman–Crippen LogP) is 3.73. The number of nitrogens with zero attached hydrogens (tertiary/aromatic N) is 1. The smallest absolute Gasteiger partial charge is 0.242 e. The van der Waals surface area contributed by atoms with E-state index in [9.17, 15) is 22.0 Å². The summed E-state index contributed by atoms with van der Waals surface area (Å²) in [6.45, 7) is 4.59. The molecule has 1 rings (SSSR count). The molecule has 0 radical (unpaired) electrons. The van der Waals surface area contributed by atoms with Crippen molar-refractivity contribution in [3.63, 3.8) is 0 Å². The Morgan fingerprint density at radius 2 is 1.79 bits per heavy atom. The number of hydrogen-bond donors (Lipinski definition) is 1. The molecule has 0 aromatic heterocycles. The molecule has 0 bridgehead atoms. The summed E-state index contributed by atoms with van der Waals surface area (Å²) < 4.78 is 52.1. The quantitative estimate of drug-likeness (QED) is 0.468. The summed E-state index contributed by atoms with van der Waals surface area (Å²) >= 11 is 0. The molecule has 1 aromatic carbocycles. The van der Waals surface area contributed by atoms with Crippen molar-refractivity contribution >= 4 is 15.9 Å². The summed E-state index contributed by atoms with van der Waals surface area (Å²) in [5, 5.41) is 2.76. The highest BCUT2D eigenvalue weighted by molar-refractivity contribution is 7.88. The van der Waals surface area contributed by atoms with Crippen LogP contribution in [-0.2, 0) is 27.0 Å². The number of sulfonamides is 1. The van der Waals surface area contributed by atoms with E-state index in [4.69, 9.17) is 0 Å². The van der Waals surface area contributed by atoms with Crippen molar-refractivity contribution in [1.82, 2.24) is 9.62 Å². The van der Waals surface area contributed by atoms with Crippen molar-refractivity contribution < 1.29 is 22.0 Å². The van der Waals surface area contributed by atoms with Gasteiger partial charge in [0.25, 0.3) is 0 Å². The first-order valence-corrected chi connectivity index (χ1v) is 11.5. The van der Waals surface area contributed by atoms with Gasteiger partial charge in [-0.25, -0.2) is 17.2 Å². The largest absolute Gasteiger partial charge is 0.355 e. The minimum absolute atomic E-state index is 0.217. The molecule has 0 aliphatic carbocycles. The molecule has 0 saturated heterocycles. The van der Waals surface area contributed by atoms with Crippen LogP contribution in [-0.4, -0.2) is 44.7 Å². The number of carbonyl (C=O) groups excluding carboxylic acids is 1. The van der Waals surface area contributed by atoms with Crippen LogP contribution < -0.4 is 5.32 Å². The first-order chi connectivity index (χ1) is 13.3. The van der Waals surface area contributed by atoms with Gasteiger partial charge in [0.05, 0.1) is 12.3 Å². The second-order valence-electron chi connectivity index (χ2n) is 6.92. The maximum atomic E-state index is 12.8. The van der Waals surface area contributed by atoms with E-state index >= 15 is 0 Å². The van der Waals surface area contributed by atoms with Gasteiger partial charge in [-0.15, -0.1) is 0 Å². The zero-order valence-electron chi connectivity index (χ0n) is 16.8. The molecule has 1 N–H and O–H groups in total. The fourth-order valence-electron chi connectivity index (χ4n) is 2.80. The Balaban J connectivity index is 2.80. The maximum Gasteiger partial charge on any atom is 0.242 e. The molecule has 0 aliphatic rings. The summed E-state index contributed by atoms with van der Waals surface area (Å²) in [5.74, 6) is -0.626. The summed E-state index contributed by atoms with van der Waals surface area (Å²) in [5.41, 5.74) is 0.847. The number of amides is 1. The SMILES string of the molecule is CCCCCNC(=O)CN(CCCC)S(=O)(=O)Cc1cccc(CC(F)F)c1. The fourth-order valence-corrected chi connectivity index (χ4v) is 4.30. The van der Waals surface area contributed by atoms with E-state index < -0.39 is 22.9 Å². The van der Waals surface area contributed by atoms with Gasteiger partial charge >= 0.3 is 0 Å². The van der Waals surface area contributed by atoms with E-state index in [-0.39, 0.29) is 24.7 Å². The summed E-state index contributed by atoms with van der Waals surface area (Å²) in [6, 6.07) is 6.24. The second kappa shape index (κ2) is 12.8. The molecular weight excluding hydrogens is 386 g/mol. The minimum atomic E-state index is -3.74. The van der Waals surface area contributed by atoms with Crippen molar-refractivity contribution in [2.24, 2.45) is 0 Å². The second-order valence-corrected chi connectivity index (χ2v) is 8.88. The summed E-state index contributed by atoms with van der Waals surface area (Å²) in [7, 11) is -3.74. The molecule has 1 aromatic rings. The molecule has 0 fully saturated rings. The minimum Gasteiger partial charge on any atom is -0.355 e. The van der Waals surface area contributed by atoms with E-state index in [2.05, 4.69) is 12.2 Å². The van der Waals surface area contributed by atoms with Gasteiger partial charge in [0, 0.05) is 19.5 Å². The van der Waals surface area contributed by atoms with Crippen molar-refractivity contribution in [3.05, 3.63) is 35.4 Å². The lowest BCUT2D eigenvalue weighted by atomic mass is 10.1. The third-order valence-electron chi connectivity index (χ3n) is 4.31. The van der Waals surface area contributed by atoms with Crippen LogP contribution in [0.2, 0.25) is 0 Å². The molecule has 5 nitrogen and oxygen atoms in total. The van der Waals surface area contributed by atoms with Gasteiger partial charge in [-0.3, -0.25) is 4.79 Å². The highest BCUT2D eigenvalue weighted by Gasteiger charge is 2.24. The summed E-state index contributed by atoms with van der Waals surface area (Å²) in [6.07, 6.45) is 1.46. The molecule has 0 heterocycles. The number of nitrogens with one attached hydrogen (secondary N) is 1.